The highest BCUT2D eigenvalue weighted by Crippen LogP contribution is 2.36. The van der Waals surface area contributed by atoms with Gasteiger partial charge in [0.1, 0.15) is 11.3 Å². The normalized spacial score (nSPS) is 10.5. The average molecular weight is 395 g/mol. The van der Waals surface area contributed by atoms with Crippen molar-refractivity contribution in [1.29, 1.82) is 0 Å². The maximum Gasteiger partial charge on any atom is 0.339 e. The molecule has 5 nitrogen and oxygen atoms in total. The Morgan fingerprint density at radius 3 is 2.36 bits per heavy atom. The minimum Gasteiger partial charge on any atom is -0.497 e. The smallest absolute Gasteiger partial charge is 0.339 e. The number of hydrogen-bond donors (Lipinski definition) is 2. The number of aromatic carboxylic acids is 1. The zero-order valence-corrected chi connectivity index (χ0v) is 16.5. The Morgan fingerprint density at radius 2 is 1.75 bits per heavy atom. The second kappa shape index (κ2) is 8.71. The van der Waals surface area contributed by atoms with Crippen molar-refractivity contribution in [3.05, 3.63) is 70.6 Å². The molecule has 2 aromatic carbocycles. The van der Waals surface area contributed by atoms with Gasteiger partial charge in [0, 0.05) is 11.8 Å². The fourth-order valence-corrected chi connectivity index (χ4v) is 3.84. The summed E-state index contributed by atoms with van der Waals surface area (Å²) < 4.78 is 5.12. The molecule has 144 valence electrons. The monoisotopic (exact) mass is 395 g/mol. The van der Waals surface area contributed by atoms with E-state index in [0.717, 1.165) is 22.4 Å². The molecular formula is C22H21NO4S. The summed E-state index contributed by atoms with van der Waals surface area (Å²) in [5.41, 5.74) is 3.41. The maximum atomic E-state index is 12.4. The zero-order valence-electron chi connectivity index (χ0n) is 15.7. The number of benzene rings is 2. The predicted molar refractivity (Wildman–Crippen MR) is 111 cm³/mol. The number of ether oxygens (including phenoxy) is 1. The van der Waals surface area contributed by atoms with Gasteiger partial charge < -0.3 is 15.2 Å². The molecule has 1 aromatic heterocycles. The molecule has 0 atom stereocenters. The van der Waals surface area contributed by atoms with E-state index >= 15 is 0 Å². The molecule has 1 heterocycles. The number of methoxy groups -OCH3 is 1. The number of thiophene rings is 1. The molecule has 2 N–H and O–H groups in total. The van der Waals surface area contributed by atoms with Crippen molar-refractivity contribution >= 4 is 28.9 Å². The van der Waals surface area contributed by atoms with Gasteiger partial charge in [-0.1, -0.05) is 42.0 Å². The average Bonchev–Trinajstić information content (AvgIpc) is 3.11. The van der Waals surface area contributed by atoms with Crippen LogP contribution in [0, 0.1) is 6.92 Å². The lowest BCUT2D eigenvalue weighted by atomic mass is 10.1. The number of aryl methyl sites for hydroxylation is 2. The van der Waals surface area contributed by atoms with Gasteiger partial charge in [0.25, 0.3) is 0 Å². The molecular weight excluding hydrogens is 374 g/mol. The molecule has 0 saturated heterocycles. The quantitative estimate of drug-likeness (QED) is 0.590. The third-order valence-corrected chi connectivity index (χ3v) is 5.42. The number of carboxylic acids is 1. The van der Waals surface area contributed by atoms with Gasteiger partial charge in [-0.15, -0.1) is 11.3 Å². The van der Waals surface area contributed by atoms with Crippen LogP contribution < -0.4 is 10.1 Å². The van der Waals surface area contributed by atoms with Gasteiger partial charge in [0.15, 0.2) is 0 Å². The van der Waals surface area contributed by atoms with Crippen LogP contribution in [0.15, 0.2) is 53.9 Å². The van der Waals surface area contributed by atoms with Crippen LogP contribution in [0.1, 0.15) is 27.9 Å². The summed E-state index contributed by atoms with van der Waals surface area (Å²) in [5, 5.41) is 14.1. The van der Waals surface area contributed by atoms with E-state index in [2.05, 4.69) is 5.32 Å². The van der Waals surface area contributed by atoms with Crippen molar-refractivity contribution in [3.63, 3.8) is 0 Å². The van der Waals surface area contributed by atoms with Gasteiger partial charge in [-0.25, -0.2) is 4.79 Å². The SMILES string of the molecule is COc1ccc(CCC(=O)Nc2csc(-c3ccc(C)cc3)c2C(=O)O)cc1. The van der Waals surface area contributed by atoms with Crippen LogP contribution in [0.3, 0.4) is 0 Å². The number of hydrogen-bond acceptors (Lipinski definition) is 4. The van der Waals surface area contributed by atoms with E-state index in [9.17, 15) is 14.7 Å². The Kier molecular flexibility index (Phi) is 6.11. The first-order valence-electron chi connectivity index (χ1n) is 8.82. The van der Waals surface area contributed by atoms with Gasteiger partial charge in [-0.05, 0) is 36.6 Å². The summed E-state index contributed by atoms with van der Waals surface area (Å²) in [4.78, 5) is 24.8. The minimum atomic E-state index is -1.05. The van der Waals surface area contributed by atoms with E-state index in [-0.39, 0.29) is 17.9 Å². The third-order valence-electron chi connectivity index (χ3n) is 4.39. The highest BCUT2D eigenvalue weighted by molar-refractivity contribution is 7.14. The lowest BCUT2D eigenvalue weighted by Crippen LogP contribution is -2.14. The van der Waals surface area contributed by atoms with Crippen LogP contribution in [0.4, 0.5) is 5.69 Å². The minimum absolute atomic E-state index is 0.131. The van der Waals surface area contributed by atoms with Gasteiger partial charge in [0.05, 0.1) is 17.7 Å². The summed E-state index contributed by atoms with van der Waals surface area (Å²) in [5.74, 6) is -0.505. The fourth-order valence-electron chi connectivity index (χ4n) is 2.84. The highest BCUT2D eigenvalue weighted by atomic mass is 32.1. The Labute approximate surface area is 167 Å². The van der Waals surface area contributed by atoms with Crippen molar-refractivity contribution in [3.8, 4) is 16.2 Å². The second-order valence-electron chi connectivity index (χ2n) is 6.42. The molecule has 3 rings (SSSR count). The largest absolute Gasteiger partial charge is 0.497 e. The maximum absolute atomic E-state index is 12.4. The van der Waals surface area contributed by atoms with Crippen LogP contribution in [-0.4, -0.2) is 24.1 Å². The van der Waals surface area contributed by atoms with E-state index in [1.165, 1.54) is 11.3 Å². The van der Waals surface area contributed by atoms with Crippen molar-refractivity contribution in [2.24, 2.45) is 0 Å². The number of carbonyl (C=O) groups is 2. The second-order valence-corrected chi connectivity index (χ2v) is 7.30. The molecule has 0 fully saturated rings. The summed E-state index contributed by atoms with van der Waals surface area (Å²) in [6.45, 7) is 1.98. The van der Waals surface area contributed by atoms with Crippen LogP contribution in [0.2, 0.25) is 0 Å². The van der Waals surface area contributed by atoms with Gasteiger partial charge in [0.2, 0.25) is 5.91 Å². The fraction of sp³-hybridized carbons (Fsp3) is 0.182. The number of nitrogens with one attached hydrogen (secondary N) is 1. The highest BCUT2D eigenvalue weighted by Gasteiger charge is 2.21. The summed E-state index contributed by atoms with van der Waals surface area (Å²) >= 11 is 1.31. The van der Waals surface area contributed by atoms with Crippen LogP contribution >= 0.6 is 11.3 Å². The van der Waals surface area contributed by atoms with Crippen molar-refractivity contribution in [2.45, 2.75) is 19.8 Å². The summed E-state index contributed by atoms with van der Waals surface area (Å²) in [6.07, 6.45) is 0.828. The Morgan fingerprint density at radius 1 is 1.07 bits per heavy atom. The lowest BCUT2D eigenvalue weighted by Gasteiger charge is -2.07. The Balaban J connectivity index is 1.71. The Bertz CT molecular complexity index is 975. The summed E-state index contributed by atoms with van der Waals surface area (Å²) in [7, 11) is 1.61. The zero-order chi connectivity index (χ0) is 20.1. The van der Waals surface area contributed by atoms with Crippen LogP contribution in [0.25, 0.3) is 10.4 Å². The lowest BCUT2D eigenvalue weighted by molar-refractivity contribution is -0.116. The molecule has 0 aliphatic carbocycles. The molecule has 6 heteroatoms. The van der Waals surface area contributed by atoms with E-state index in [1.807, 2.05) is 55.5 Å². The Hall–Kier alpha value is -3.12. The molecule has 1 amide bonds. The number of anilines is 1. The van der Waals surface area contributed by atoms with E-state index in [0.29, 0.717) is 17.0 Å². The molecule has 0 spiro atoms. The van der Waals surface area contributed by atoms with Crippen molar-refractivity contribution < 1.29 is 19.4 Å². The van der Waals surface area contributed by atoms with Gasteiger partial charge in [-0.2, -0.15) is 0 Å². The predicted octanol–water partition coefficient (Wildman–Crippen LogP) is 5.00. The number of rotatable bonds is 7. The molecule has 0 aliphatic rings. The van der Waals surface area contributed by atoms with Crippen LogP contribution in [-0.2, 0) is 11.2 Å². The molecule has 28 heavy (non-hydrogen) atoms. The molecule has 0 aliphatic heterocycles. The third kappa shape index (κ3) is 4.58. The first-order valence-corrected chi connectivity index (χ1v) is 9.70. The number of carboxylic acid groups (broad SMARTS) is 1. The molecule has 0 unspecified atom stereocenters. The molecule has 3 aromatic rings. The van der Waals surface area contributed by atoms with E-state index in [1.54, 1.807) is 12.5 Å². The molecule has 0 saturated carbocycles. The first kappa shape index (κ1) is 19.6. The van der Waals surface area contributed by atoms with Crippen molar-refractivity contribution in [2.75, 3.05) is 12.4 Å². The van der Waals surface area contributed by atoms with Crippen LogP contribution in [0.5, 0.6) is 5.75 Å². The van der Waals surface area contributed by atoms with Crippen molar-refractivity contribution in [1.82, 2.24) is 0 Å². The number of carbonyl (C=O) groups excluding carboxylic acids is 1. The summed E-state index contributed by atoms with van der Waals surface area (Å²) in [6, 6.07) is 15.2. The van der Waals surface area contributed by atoms with Gasteiger partial charge in [-0.3, -0.25) is 4.79 Å². The first-order chi connectivity index (χ1) is 13.5. The van der Waals surface area contributed by atoms with Gasteiger partial charge >= 0.3 is 5.97 Å². The number of amides is 1. The molecule has 0 bridgehead atoms. The molecule has 0 radical (unpaired) electrons. The van der Waals surface area contributed by atoms with E-state index < -0.39 is 5.97 Å². The standard InChI is InChI=1S/C22H21NO4S/c1-14-3-8-16(9-4-14)21-20(22(25)26)18(13-28-21)23-19(24)12-7-15-5-10-17(27-2)11-6-15/h3-6,8-11,13H,7,12H2,1-2H3,(H,23,24)(H,25,26). The topological polar surface area (TPSA) is 75.6 Å². The van der Waals surface area contributed by atoms with E-state index in [4.69, 9.17) is 4.74 Å².